The summed E-state index contributed by atoms with van der Waals surface area (Å²) < 4.78 is 0. The van der Waals surface area contributed by atoms with Crippen molar-refractivity contribution in [2.45, 2.75) is 40.5 Å². The first-order valence-corrected chi connectivity index (χ1v) is 16.5. The van der Waals surface area contributed by atoms with Gasteiger partial charge in [0.2, 0.25) is 0 Å². The fourth-order valence-electron chi connectivity index (χ4n) is 7.73. The maximum Gasteiger partial charge on any atom is -0.00140 e. The molecule has 0 amide bonds. The number of rotatable bonds is 6. The van der Waals surface area contributed by atoms with Crippen molar-refractivity contribution in [2.24, 2.45) is 0 Å². The lowest BCUT2D eigenvalue weighted by Gasteiger charge is -2.22. The molecular weight excluding hydrogens is 553 g/mol. The van der Waals surface area contributed by atoms with Crippen molar-refractivity contribution in [2.75, 3.05) is 0 Å². The summed E-state index contributed by atoms with van der Waals surface area (Å²) in [7, 11) is 0. The van der Waals surface area contributed by atoms with Crippen molar-refractivity contribution in [1.82, 2.24) is 0 Å². The van der Waals surface area contributed by atoms with E-state index in [1.54, 1.807) is 0 Å². The molecule has 0 aliphatic heterocycles. The minimum Gasteiger partial charge on any atom is -0.0620 e. The molecule has 0 heterocycles. The highest BCUT2D eigenvalue weighted by Crippen LogP contribution is 2.48. The molecule has 222 valence electrons. The molecule has 8 rings (SSSR count). The molecule has 0 spiro atoms. The van der Waals surface area contributed by atoms with Crippen LogP contribution in [-0.2, 0) is 12.8 Å². The number of hydrogen-bond acceptors (Lipinski definition) is 0. The quantitative estimate of drug-likeness (QED) is 0.169. The highest BCUT2D eigenvalue weighted by Gasteiger charge is 2.21. The van der Waals surface area contributed by atoms with Gasteiger partial charge >= 0.3 is 0 Å². The first-order valence-electron chi connectivity index (χ1n) is 16.5. The average Bonchev–Trinajstić information content (AvgIpc) is 3.08. The Balaban J connectivity index is 1.51. The van der Waals surface area contributed by atoms with E-state index in [1.807, 2.05) is 0 Å². The minimum absolute atomic E-state index is 0.993. The van der Waals surface area contributed by atoms with Gasteiger partial charge in [0.25, 0.3) is 0 Å². The van der Waals surface area contributed by atoms with Crippen LogP contribution in [0.3, 0.4) is 0 Å². The summed E-state index contributed by atoms with van der Waals surface area (Å²) in [5, 5.41) is 8.12. The molecule has 0 aromatic heterocycles. The lowest BCUT2D eigenvalue weighted by Crippen LogP contribution is -1.99. The summed E-state index contributed by atoms with van der Waals surface area (Å²) in [6.45, 7) is 8.95. The van der Waals surface area contributed by atoms with E-state index in [0.29, 0.717) is 0 Å². The Labute approximate surface area is 272 Å². The number of benzene rings is 8. The van der Waals surface area contributed by atoms with E-state index in [0.717, 1.165) is 12.8 Å². The minimum atomic E-state index is 0.993. The van der Waals surface area contributed by atoms with Crippen LogP contribution in [0.25, 0.3) is 65.7 Å². The van der Waals surface area contributed by atoms with Crippen molar-refractivity contribution < 1.29 is 0 Å². The molecule has 0 saturated heterocycles. The summed E-state index contributed by atoms with van der Waals surface area (Å²) in [6, 6.07) is 49.9. The molecule has 0 aliphatic rings. The summed E-state index contributed by atoms with van der Waals surface area (Å²) in [5.74, 6) is 0. The molecule has 0 radical (unpaired) electrons. The third-order valence-electron chi connectivity index (χ3n) is 10.2. The van der Waals surface area contributed by atoms with Gasteiger partial charge in [-0.1, -0.05) is 121 Å². The second-order valence-electron chi connectivity index (χ2n) is 13.0. The van der Waals surface area contributed by atoms with Crippen molar-refractivity contribution in [3.63, 3.8) is 0 Å². The molecule has 0 N–H and O–H groups in total. The van der Waals surface area contributed by atoms with Crippen LogP contribution in [0.4, 0.5) is 0 Å². The van der Waals surface area contributed by atoms with Crippen LogP contribution < -0.4 is 0 Å². The fourth-order valence-corrected chi connectivity index (χ4v) is 7.73. The predicted octanol–water partition coefficient (Wildman–Crippen LogP) is 12.6. The van der Waals surface area contributed by atoms with E-state index in [9.17, 15) is 0 Å². The van der Waals surface area contributed by atoms with Crippen LogP contribution in [-0.4, -0.2) is 0 Å². The van der Waals surface area contributed by atoms with Gasteiger partial charge in [-0.25, -0.2) is 0 Å². The highest BCUT2D eigenvalue weighted by molar-refractivity contribution is 6.30. The molecule has 0 fully saturated rings. The standard InChI is InChI=1S/C46H38/c1-29-13-5-9-17-33(29)21-22-34-27-42(35-18-10-6-14-30(35)2)39-25-26-41-44(37-20-12-8-16-32(37)4)28-43(36-19-11-7-15-31(36)3)40-24-23-38(34)45(39)46(40)41/h5-20,23-28H,21-22H2,1-4H3. The zero-order chi connectivity index (χ0) is 31.4. The Hall–Kier alpha value is -5.20. The largest absolute Gasteiger partial charge is 0.0620 e. The Morgan fingerprint density at radius 2 is 0.674 bits per heavy atom. The van der Waals surface area contributed by atoms with Crippen LogP contribution in [0.2, 0.25) is 0 Å². The topological polar surface area (TPSA) is 0 Å². The van der Waals surface area contributed by atoms with Gasteiger partial charge in [0, 0.05) is 0 Å². The Morgan fingerprint density at radius 3 is 1.15 bits per heavy atom. The van der Waals surface area contributed by atoms with Crippen LogP contribution in [0.15, 0.2) is 133 Å². The molecular formula is C46H38. The van der Waals surface area contributed by atoms with Crippen LogP contribution >= 0.6 is 0 Å². The number of hydrogen-bond donors (Lipinski definition) is 0. The monoisotopic (exact) mass is 590 g/mol. The van der Waals surface area contributed by atoms with E-state index in [2.05, 4.69) is 161 Å². The van der Waals surface area contributed by atoms with E-state index in [1.165, 1.54) is 99.1 Å². The van der Waals surface area contributed by atoms with Crippen molar-refractivity contribution in [1.29, 1.82) is 0 Å². The van der Waals surface area contributed by atoms with E-state index in [-0.39, 0.29) is 0 Å². The van der Waals surface area contributed by atoms with Crippen molar-refractivity contribution in [3.05, 3.63) is 167 Å². The van der Waals surface area contributed by atoms with Gasteiger partial charge in [0.1, 0.15) is 0 Å². The van der Waals surface area contributed by atoms with Gasteiger partial charge in [-0.05, 0) is 152 Å². The predicted molar refractivity (Wildman–Crippen MR) is 199 cm³/mol. The second-order valence-corrected chi connectivity index (χ2v) is 13.0. The van der Waals surface area contributed by atoms with Gasteiger partial charge in [0.15, 0.2) is 0 Å². The molecule has 0 heteroatoms. The van der Waals surface area contributed by atoms with Crippen LogP contribution in [0, 0.1) is 27.7 Å². The van der Waals surface area contributed by atoms with Gasteiger partial charge in [-0.15, -0.1) is 0 Å². The Bertz CT molecular complexity index is 2340. The third-order valence-corrected chi connectivity index (χ3v) is 10.2. The normalized spacial score (nSPS) is 11.7. The van der Waals surface area contributed by atoms with Gasteiger partial charge in [-0.3, -0.25) is 0 Å². The smallest absolute Gasteiger partial charge is 0.00140 e. The average molecular weight is 591 g/mol. The molecule has 0 unspecified atom stereocenters. The lowest BCUT2D eigenvalue weighted by molar-refractivity contribution is 0.958. The summed E-state index contributed by atoms with van der Waals surface area (Å²) in [5.41, 5.74) is 16.0. The lowest BCUT2D eigenvalue weighted by atomic mass is 9.81. The van der Waals surface area contributed by atoms with E-state index >= 15 is 0 Å². The Kier molecular flexibility index (Phi) is 6.95. The molecule has 0 saturated carbocycles. The van der Waals surface area contributed by atoms with Crippen molar-refractivity contribution in [3.8, 4) is 33.4 Å². The molecule has 8 aromatic carbocycles. The maximum absolute atomic E-state index is 2.49. The van der Waals surface area contributed by atoms with Crippen LogP contribution in [0.1, 0.15) is 33.4 Å². The SMILES string of the molecule is Cc1ccccc1CCc1cc(-c2ccccc2C)c2ccc3c(-c4ccccc4C)cc(-c4ccccc4C)c4ccc1c2c43. The third kappa shape index (κ3) is 4.60. The van der Waals surface area contributed by atoms with Gasteiger partial charge < -0.3 is 0 Å². The first-order chi connectivity index (χ1) is 22.5. The highest BCUT2D eigenvalue weighted by atomic mass is 14.2. The summed E-state index contributed by atoms with van der Waals surface area (Å²) >= 11 is 0. The number of aryl methyl sites for hydroxylation is 6. The second kappa shape index (κ2) is 11.3. The van der Waals surface area contributed by atoms with Gasteiger partial charge in [0.05, 0.1) is 0 Å². The molecule has 46 heavy (non-hydrogen) atoms. The molecule has 0 aliphatic carbocycles. The molecule has 8 aromatic rings. The van der Waals surface area contributed by atoms with Crippen molar-refractivity contribution >= 4 is 32.3 Å². The molecule has 0 bridgehead atoms. The summed E-state index contributed by atoms with van der Waals surface area (Å²) in [4.78, 5) is 0. The van der Waals surface area contributed by atoms with E-state index < -0.39 is 0 Å². The zero-order valence-electron chi connectivity index (χ0n) is 27.1. The molecule has 0 nitrogen and oxygen atoms in total. The fraction of sp³-hybridized carbons (Fsp3) is 0.130. The summed E-state index contributed by atoms with van der Waals surface area (Å²) in [6.07, 6.45) is 2.01. The van der Waals surface area contributed by atoms with Crippen LogP contribution in [0.5, 0.6) is 0 Å². The Morgan fingerprint density at radius 1 is 0.304 bits per heavy atom. The molecule has 0 atom stereocenters. The van der Waals surface area contributed by atoms with Gasteiger partial charge in [-0.2, -0.15) is 0 Å². The zero-order valence-corrected chi connectivity index (χ0v) is 27.1. The first kappa shape index (κ1) is 28.3. The van der Waals surface area contributed by atoms with E-state index in [4.69, 9.17) is 0 Å². The maximum atomic E-state index is 2.49.